The fourth-order valence-corrected chi connectivity index (χ4v) is 8.56. The van der Waals surface area contributed by atoms with Crippen molar-refractivity contribution in [2.45, 2.75) is 38.9 Å². The molecule has 3 aromatic carbocycles. The van der Waals surface area contributed by atoms with Crippen LogP contribution in [-0.2, 0) is 9.31 Å². The van der Waals surface area contributed by atoms with Gasteiger partial charge in [0.1, 0.15) is 34.5 Å². The highest BCUT2D eigenvalue weighted by atomic mass is 127. The van der Waals surface area contributed by atoms with Gasteiger partial charge in [0.25, 0.3) is 0 Å². The minimum atomic E-state index is -0.234. The van der Waals surface area contributed by atoms with Gasteiger partial charge in [-0.3, -0.25) is 0 Å². The lowest BCUT2D eigenvalue weighted by Crippen LogP contribution is -2.41. The predicted molar refractivity (Wildman–Crippen MR) is 251 cm³/mol. The van der Waals surface area contributed by atoms with Crippen LogP contribution in [-0.4, -0.2) is 61.0 Å². The molecule has 0 bridgehead atoms. The number of hydrogen-bond acceptors (Lipinski definition) is 11. The van der Waals surface area contributed by atoms with Crippen LogP contribution < -0.4 is 33.2 Å². The molecule has 0 N–H and O–H groups in total. The Balaban J connectivity index is 0.000000172. The van der Waals surface area contributed by atoms with E-state index in [1.54, 1.807) is 76.7 Å². The molecular weight excluding hydrogens is 993 g/mol. The number of ether oxygens (including phenoxy) is 6. The number of benzene rings is 3. The molecule has 0 unspecified atom stereocenters. The van der Waals surface area contributed by atoms with Gasteiger partial charge in [0.2, 0.25) is 0 Å². The minimum absolute atomic E-state index is 0.194. The first kappa shape index (κ1) is 45.7. The smallest absolute Gasteiger partial charge is 0.497 e. The summed E-state index contributed by atoms with van der Waals surface area (Å²) in [6.07, 6.45) is 0. The maximum absolute atomic E-state index is 5.90. The molecule has 1 fully saturated rings. The molecule has 1 aliphatic rings. The zero-order valence-electron chi connectivity index (χ0n) is 33.1. The molecule has 0 saturated carbocycles. The Hall–Kier alpha value is -3.00. The van der Waals surface area contributed by atoms with Crippen molar-refractivity contribution in [1.82, 2.24) is 0 Å². The van der Waals surface area contributed by atoms with Crippen LogP contribution >= 0.6 is 79.2 Å². The molecule has 0 atom stereocenters. The Labute approximate surface area is 370 Å². The maximum Gasteiger partial charge on any atom is 0.505 e. The summed E-state index contributed by atoms with van der Waals surface area (Å²) in [5, 5.41) is 6.17. The summed E-state index contributed by atoms with van der Waals surface area (Å²) in [7, 11) is 9.83. The second kappa shape index (κ2) is 21.7. The van der Waals surface area contributed by atoms with Crippen LogP contribution in [0.15, 0.2) is 101 Å². The molecule has 0 amide bonds. The van der Waals surface area contributed by atoms with E-state index in [2.05, 4.69) is 108 Å². The molecule has 14 heteroatoms. The Morgan fingerprint density at radius 3 is 1.16 bits per heavy atom. The van der Waals surface area contributed by atoms with Crippen LogP contribution in [0, 0.1) is 7.14 Å². The van der Waals surface area contributed by atoms with E-state index in [1.165, 1.54) is 9.75 Å². The number of methoxy groups -OCH3 is 6. The number of thiophene rings is 3. The fraction of sp³-hybridized carbons (Fsp3) is 0.286. The first-order chi connectivity index (χ1) is 26.8. The third-order valence-electron chi connectivity index (χ3n) is 8.84. The molecule has 298 valence electrons. The summed E-state index contributed by atoms with van der Waals surface area (Å²) in [4.78, 5) is 2.36. The van der Waals surface area contributed by atoms with Crippen LogP contribution in [0.4, 0.5) is 0 Å². The molecule has 56 heavy (non-hydrogen) atoms. The van der Waals surface area contributed by atoms with E-state index in [-0.39, 0.29) is 18.3 Å². The molecule has 7 rings (SSSR count). The van der Waals surface area contributed by atoms with Gasteiger partial charge in [-0.2, -0.15) is 11.3 Å². The number of hydrogen-bond donors (Lipinski definition) is 0. The first-order valence-corrected chi connectivity index (χ1v) is 22.1. The second-order valence-electron chi connectivity index (χ2n) is 12.8. The highest BCUT2D eigenvalue weighted by Crippen LogP contribution is 2.43. The van der Waals surface area contributed by atoms with Gasteiger partial charge in [-0.05, 0) is 150 Å². The van der Waals surface area contributed by atoms with Gasteiger partial charge < -0.3 is 37.7 Å². The summed E-state index contributed by atoms with van der Waals surface area (Å²) in [6.45, 7) is 8.28. The van der Waals surface area contributed by atoms with Crippen LogP contribution in [0.2, 0.25) is 0 Å². The average molecular weight is 1040 g/mol. The molecule has 0 aliphatic carbocycles. The van der Waals surface area contributed by atoms with Crippen LogP contribution in [0.1, 0.15) is 27.7 Å². The second-order valence-corrected chi connectivity index (χ2v) is 18.0. The Kier molecular flexibility index (Phi) is 17.7. The standard InChI is InChI=1S/C16H14O2S2.C10H15BO2S.C8H8I2O2.C8H10O2/c1-17-13-9-12(16-6-4-8-20-16)14(18-2)10-11(13)15-5-3-7-19-15;1-9(2)10(3,4)13-11(12-9)8-6-5-7-14-8;1-11-7-3-6(10)8(12-2)4-5(7)9;1-9-7-3-5-8(10-2)6-4-7/h3-10H,1-2H3;5-7H,1-4H3;3-4H,1-2H3;3-6H,1-2H3. The maximum atomic E-state index is 5.90. The van der Waals surface area contributed by atoms with Crippen molar-refractivity contribution < 1.29 is 37.7 Å². The van der Waals surface area contributed by atoms with Crippen molar-refractivity contribution in [3.8, 4) is 55.4 Å². The van der Waals surface area contributed by atoms with Crippen molar-refractivity contribution in [3.05, 3.63) is 108 Å². The van der Waals surface area contributed by atoms with Gasteiger partial charge in [-0.1, -0.05) is 24.3 Å². The summed E-state index contributed by atoms with van der Waals surface area (Å²) in [6, 6.07) is 27.8. The van der Waals surface area contributed by atoms with Gasteiger partial charge in [0.05, 0.1) is 61.0 Å². The Morgan fingerprint density at radius 1 is 0.482 bits per heavy atom. The normalized spacial score (nSPS) is 13.5. The zero-order valence-corrected chi connectivity index (χ0v) is 39.9. The van der Waals surface area contributed by atoms with E-state index in [4.69, 9.17) is 37.7 Å². The Morgan fingerprint density at radius 2 is 0.857 bits per heavy atom. The highest BCUT2D eigenvalue weighted by Gasteiger charge is 2.52. The minimum Gasteiger partial charge on any atom is -0.497 e. The monoisotopic (exact) mass is 1040 g/mol. The van der Waals surface area contributed by atoms with Gasteiger partial charge >= 0.3 is 7.12 Å². The Bertz CT molecular complexity index is 1920. The van der Waals surface area contributed by atoms with Crippen molar-refractivity contribution in [2.75, 3.05) is 42.7 Å². The van der Waals surface area contributed by atoms with E-state index >= 15 is 0 Å². The van der Waals surface area contributed by atoms with Crippen LogP contribution in [0.5, 0.6) is 34.5 Å². The van der Waals surface area contributed by atoms with E-state index in [1.807, 2.05) is 66.0 Å². The van der Waals surface area contributed by atoms with E-state index in [0.29, 0.717) is 0 Å². The van der Waals surface area contributed by atoms with Crippen LogP contribution in [0.25, 0.3) is 20.9 Å². The lowest BCUT2D eigenvalue weighted by atomic mass is 9.88. The molecule has 0 radical (unpaired) electrons. The number of rotatable bonds is 9. The SMILES string of the molecule is CC1(C)OB(c2cccs2)OC1(C)C.COc1cc(-c2cccs2)c(OC)cc1-c1cccs1.COc1cc(I)c(OC)cc1I.COc1ccc(OC)cc1. The molecule has 4 heterocycles. The summed E-state index contributed by atoms with van der Waals surface area (Å²) in [5.74, 6) is 5.22. The van der Waals surface area contributed by atoms with Crippen LogP contribution in [0.3, 0.4) is 0 Å². The van der Waals surface area contributed by atoms with Crippen molar-refractivity contribution in [1.29, 1.82) is 0 Å². The van der Waals surface area contributed by atoms with Gasteiger partial charge in [-0.15, -0.1) is 22.7 Å². The van der Waals surface area contributed by atoms with Crippen molar-refractivity contribution >= 4 is 91.1 Å². The number of halogens is 2. The average Bonchev–Trinajstić information content (AvgIpc) is 4.05. The van der Waals surface area contributed by atoms with E-state index in [0.717, 1.165) is 57.5 Å². The largest absolute Gasteiger partial charge is 0.505 e. The molecule has 1 saturated heterocycles. The lowest BCUT2D eigenvalue weighted by Gasteiger charge is -2.32. The summed E-state index contributed by atoms with van der Waals surface area (Å²) in [5.41, 5.74) is 1.67. The molecule has 0 spiro atoms. The van der Waals surface area contributed by atoms with Gasteiger partial charge in [0.15, 0.2) is 0 Å². The quantitative estimate of drug-likeness (QED) is 0.105. The lowest BCUT2D eigenvalue weighted by molar-refractivity contribution is 0.00578. The molecule has 8 nitrogen and oxygen atoms in total. The summed E-state index contributed by atoms with van der Waals surface area (Å²) < 4.78 is 46.4. The fourth-order valence-electron chi connectivity index (χ4n) is 5.07. The topological polar surface area (TPSA) is 73.8 Å². The van der Waals surface area contributed by atoms with Gasteiger partial charge in [-0.25, -0.2) is 0 Å². The highest BCUT2D eigenvalue weighted by molar-refractivity contribution is 14.1. The molecule has 6 aromatic rings. The molecule has 3 aromatic heterocycles. The third-order valence-corrected chi connectivity index (χ3v) is 13.2. The molecular formula is C42H47BI2O8S3. The predicted octanol–water partition coefficient (Wildman–Crippen LogP) is 11.8. The molecule has 1 aliphatic heterocycles. The zero-order chi connectivity index (χ0) is 40.9. The first-order valence-electron chi connectivity index (χ1n) is 17.3. The van der Waals surface area contributed by atoms with E-state index < -0.39 is 0 Å². The summed E-state index contributed by atoms with van der Waals surface area (Å²) >= 11 is 9.50. The van der Waals surface area contributed by atoms with Crippen molar-refractivity contribution in [2.24, 2.45) is 0 Å². The van der Waals surface area contributed by atoms with E-state index in [9.17, 15) is 0 Å². The third kappa shape index (κ3) is 12.0. The van der Waals surface area contributed by atoms with Gasteiger partial charge in [0, 0.05) is 25.7 Å². The van der Waals surface area contributed by atoms with Crippen molar-refractivity contribution in [3.63, 3.8) is 0 Å².